The Hall–Kier alpha value is -0.0400. The summed E-state index contributed by atoms with van der Waals surface area (Å²) in [6.07, 6.45) is 9.58. The molecule has 1 rings (SSSR count). The van der Waals surface area contributed by atoms with Crippen molar-refractivity contribution in [3.8, 4) is 0 Å². The zero-order valence-corrected chi connectivity index (χ0v) is 6.73. The van der Waals surface area contributed by atoms with Gasteiger partial charge in [-0.25, -0.2) is 0 Å². The van der Waals surface area contributed by atoms with Gasteiger partial charge >= 0.3 is 0 Å². The van der Waals surface area contributed by atoms with Crippen LogP contribution >= 0.6 is 0 Å². The van der Waals surface area contributed by atoms with E-state index in [1.165, 1.54) is 31.8 Å². The van der Waals surface area contributed by atoms with Gasteiger partial charge in [0.25, 0.3) is 0 Å². The summed E-state index contributed by atoms with van der Waals surface area (Å²) in [4.78, 5) is 0. The molecule has 1 aliphatic rings. The van der Waals surface area contributed by atoms with Crippen molar-refractivity contribution in [2.24, 2.45) is 0 Å². The highest BCUT2D eigenvalue weighted by Gasteiger charge is 2.13. The lowest BCUT2D eigenvalue weighted by molar-refractivity contribution is 0.120. The van der Waals surface area contributed by atoms with Crippen LogP contribution in [-0.2, 0) is 4.74 Å². The van der Waals surface area contributed by atoms with Gasteiger partial charge in [-0.2, -0.15) is 0 Å². The fraction of sp³-hybridized carbons (Fsp3) is 0.778. The maximum absolute atomic E-state index is 5.53. The molecule has 1 saturated carbocycles. The maximum Gasteiger partial charge on any atom is 0.0970 e. The largest absolute Gasteiger partial charge is 0.372 e. The second-order valence-corrected chi connectivity index (χ2v) is 2.75. The molecule has 1 aliphatic carbocycles. The molecule has 1 fully saturated rings. The van der Waals surface area contributed by atoms with Gasteiger partial charge in [0.1, 0.15) is 0 Å². The Kier molecular flexibility index (Phi) is 3.81. The van der Waals surface area contributed by atoms with Crippen molar-refractivity contribution in [2.75, 3.05) is 6.61 Å². The molecular formula is C9H16O. The predicted octanol–water partition coefficient (Wildman–Crippen LogP) is 2.72. The molecule has 0 unspecified atom stereocenters. The van der Waals surface area contributed by atoms with Gasteiger partial charge < -0.3 is 4.74 Å². The van der Waals surface area contributed by atoms with Crippen LogP contribution in [0, 0.1) is 12.5 Å². The predicted molar refractivity (Wildman–Crippen MR) is 42.3 cm³/mol. The molecular weight excluding hydrogens is 124 g/mol. The average molecular weight is 140 g/mol. The molecule has 2 radical (unpaired) electrons. The molecule has 1 heteroatoms. The van der Waals surface area contributed by atoms with Gasteiger partial charge in [0.15, 0.2) is 0 Å². The van der Waals surface area contributed by atoms with Crippen molar-refractivity contribution in [3.05, 3.63) is 12.5 Å². The molecule has 0 atom stereocenters. The van der Waals surface area contributed by atoms with Crippen LogP contribution in [0.5, 0.6) is 0 Å². The van der Waals surface area contributed by atoms with E-state index in [0.29, 0.717) is 0 Å². The van der Waals surface area contributed by atoms with Gasteiger partial charge in [-0.1, -0.05) is 6.92 Å². The SMILES string of the molecule is CCCO[C]1CC[CH]CC1. The van der Waals surface area contributed by atoms with Crippen molar-refractivity contribution in [1.29, 1.82) is 0 Å². The highest BCUT2D eigenvalue weighted by atomic mass is 16.5. The first-order chi connectivity index (χ1) is 4.93. The fourth-order valence-corrected chi connectivity index (χ4v) is 1.19. The molecule has 58 valence electrons. The van der Waals surface area contributed by atoms with Gasteiger partial charge in [-0.3, -0.25) is 0 Å². The van der Waals surface area contributed by atoms with E-state index in [-0.39, 0.29) is 0 Å². The van der Waals surface area contributed by atoms with Crippen molar-refractivity contribution in [2.45, 2.75) is 39.0 Å². The van der Waals surface area contributed by atoms with Gasteiger partial charge in [0, 0.05) is 6.61 Å². The van der Waals surface area contributed by atoms with Crippen molar-refractivity contribution < 1.29 is 4.74 Å². The Morgan fingerprint density at radius 1 is 1.40 bits per heavy atom. The molecule has 0 aromatic carbocycles. The highest BCUT2D eigenvalue weighted by Crippen LogP contribution is 2.25. The van der Waals surface area contributed by atoms with Crippen molar-refractivity contribution in [3.63, 3.8) is 0 Å². The molecule has 0 saturated heterocycles. The third-order valence-electron chi connectivity index (χ3n) is 1.76. The Morgan fingerprint density at radius 2 is 2.10 bits per heavy atom. The monoisotopic (exact) mass is 140 g/mol. The van der Waals surface area contributed by atoms with Crippen LogP contribution in [-0.4, -0.2) is 6.61 Å². The van der Waals surface area contributed by atoms with Crippen LogP contribution < -0.4 is 0 Å². The molecule has 0 aromatic heterocycles. The topological polar surface area (TPSA) is 9.23 Å². The molecule has 0 amide bonds. The molecule has 0 spiro atoms. The first kappa shape index (κ1) is 8.06. The van der Waals surface area contributed by atoms with Gasteiger partial charge in [0.2, 0.25) is 0 Å². The summed E-state index contributed by atoms with van der Waals surface area (Å²) in [6.45, 7) is 3.06. The summed E-state index contributed by atoms with van der Waals surface area (Å²) < 4.78 is 5.53. The third-order valence-corrected chi connectivity index (χ3v) is 1.76. The summed E-state index contributed by atoms with van der Waals surface area (Å²) in [5.41, 5.74) is 0. The minimum absolute atomic E-state index is 0.912. The minimum Gasteiger partial charge on any atom is -0.372 e. The second kappa shape index (κ2) is 4.73. The van der Waals surface area contributed by atoms with Crippen LogP contribution in [0.15, 0.2) is 0 Å². The van der Waals surface area contributed by atoms with E-state index in [0.717, 1.165) is 13.0 Å². The zero-order valence-electron chi connectivity index (χ0n) is 6.73. The standard InChI is InChI=1S/C9H16O/c1-2-8-10-9-6-4-3-5-7-9/h3H,2,4-8H2,1H3. The van der Waals surface area contributed by atoms with E-state index in [2.05, 4.69) is 13.3 Å². The normalized spacial score (nSPS) is 21.3. The van der Waals surface area contributed by atoms with Crippen LogP contribution in [0.25, 0.3) is 0 Å². The maximum atomic E-state index is 5.53. The summed E-state index contributed by atoms with van der Waals surface area (Å²) in [6, 6.07) is 0. The van der Waals surface area contributed by atoms with E-state index in [1.807, 2.05) is 0 Å². The molecule has 0 bridgehead atoms. The van der Waals surface area contributed by atoms with E-state index >= 15 is 0 Å². The minimum atomic E-state index is 0.912. The van der Waals surface area contributed by atoms with Crippen molar-refractivity contribution in [1.82, 2.24) is 0 Å². The Bertz CT molecular complexity index is 74.8. The number of hydrogen-bond acceptors (Lipinski definition) is 1. The molecule has 0 aliphatic heterocycles. The lowest BCUT2D eigenvalue weighted by atomic mass is 9.98. The Morgan fingerprint density at radius 3 is 2.70 bits per heavy atom. The zero-order chi connectivity index (χ0) is 7.23. The van der Waals surface area contributed by atoms with Gasteiger partial charge in [0.05, 0.1) is 6.10 Å². The van der Waals surface area contributed by atoms with E-state index in [4.69, 9.17) is 4.74 Å². The van der Waals surface area contributed by atoms with Crippen LogP contribution in [0.3, 0.4) is 0 Å². The Balaban J connectivity index is 2.02. The third kappa shape index (κ3) is 2.70. The van der Waals surface area contributed by atoms with Gasteiger partial charge in [-0.05, 0) is 38.5 Å². The number of hydrogen-bond donors (Lipinski definition) is 0. The molecule has 10 heavy (non-hydrogen) atoms. The summed E-state index contributed by atoms with van der Waals surface area (Å²) in [5.74, 6) is 0. The summed E-state index contributed by atoms with van der Waals surface area (Å²) in [7, 11) is 0. The van der Waals surface area contributed by atoms with E-state index in [1.54, 1.807) is 0 Å². The van der Waals surface area contributed by atoms with Crippen LogP contribution in [0.2, 0.25) is 0 Å². The number of ether oxygens (including phenoxy) is 1. The first-order valence-corrected chi connectivity index (χ1v) is 4.22. The van der Waals surface area contributed by atoms with E-state index in [9.17, 15) is 0 Å². The second-order valence-electron chi connectivity index (χ2n) is 2.75. The Labute approximate surface area is 63.8 Å². The van der Waals surface area contributed by atoms with Crippen LogP contribution in [0.1, 0.15) is 39.0 Å². The molecule has 0 N–H and O–H groups in total. The van der Waals surface area contributed by atoms with E-state index < -0.39 is 0 Å². The fourth-order valence-electron chi connectivity index (χ4n) is 1.19. The summed E-state index contributed by atoms with van der Waals surface area (Å²) >= 11 is 0. The lowest BCUT2D eigenvalue weighted by Gasteiger charge is -2.20. The quantitative estimate of drug-likeness (QED) is 0.585. The first-order valence-electron chi connectivity index (χ1n) is 4.22. The summed E-state index contributed by atoms with van der Waals surface area (Å²) in [5, 5.41) is 0. The molecule has 1 nitrogen and oxygen atoms in total. The van der Waals surface area contributed by atoms with Crippen LogP contribution in [0.4, 0.5) is 0 Å². The van der Waals surface area contributed by atoms with Crippen molar-refractivity contribution >= 4 is 0 Å². The smallest absolute Gasteiger partial charge is 0.0970 e. The number of rotatable bonds is 3. The molecule has 0 heterocycles. The average Bonchev–Trinajstić information content (AvgIpc) is 2.03. The highest BCUT2D eigenvalue weighted by molar-refractivity contribution is 4.88. The van der Waals surface area contributed by atoms with Gasteiger partial charge in [-0.15, -0.1) is 0 Å². The molecule has 0 aromatic rings. The lowest BCUT2D eigenvalue weighted by Crippen LogP contribution is -2.08.